The number of fused-ring (bicyclic) bond motifs is 6. The van der Waals surface area contributed by atoms with Gasteiger partial charge >= 0.3 is 0 Å². The topological polar surface area (TPSA) is 52.1 Å². The van der Waals surface area contributed by atoms with Gasteiger partial charge in [0, 0.05) is 38.4 Å². The first kappa shape index (κ1) is 31.2. The van der Waals surface area contributed by atoms with Crippen molar-refractivity contribution in [2.45, 2.75) is 33.1 Å². The number of aromatic nitrogens is 2. The normalized spacial score (nSPS) is 12.8. The Labute approximate surface area is 307 Å². The molecule has 0 amide bonds. The largest absolute Gasteiger partial charge is 0.456 e. The Balaban J connectivity index is 0.00000172. The third-order valence-corrected chi connectivity index (χ3v) is 10.5. The van der Waals surface area contributed by atoms with Crippen LogP contribution in [0.25, 0.3) is 106 Å². The van der Waals surface area contributed by atoms with Crippen LogP contribution in [0.3, 0.4) is 0 Å². The van der Waals surface area contributed by atoms with Gasteiger partial charge < -0.3 is 8.83 Å². The molecule has 0 aliphatic heterocycles. The van der Waals surface area contributed by atoms with Crippen molar-refractivity contribution in [3.05, 3.63) is 151 Å². The zero-order valence-corrected chi connectivity index (χ0v) is 29.7. The number of allylic oxidation sites excluding steroid dienone is 1. The molecule has 254 valence electrons. The summed E-state index contributed by atoms with van der Waals surface area (Å²) in [5.74, 6) is 1.66. The smallest absolute Gasteiger partial charge is 0.160 e. The SMILES string of the molecule is C1=Cc2oc3cc(-c4cc(-c5ccccc5)nc(-c5ccc6c(c5)c5cccc7oc8cc(-c9ccccc9)cc6c8c75)n4)ccc3c2CCC1.CC. The van der Waals surface area contributed by atoms with Gasteiger partial charge in [-0.15, -0.1) is 0 Å². The van der Waals surface area contributed by atoms with Crippen LogP contribution in [0.1, 0.15) is 38.0 Å². The summed E-state index contributed by atoms with van der Waals surface area (Å²) in [6.45, 7) is 4.00. The zero-order valence-electron chi connectivity index (χ0n) is 29.7. The highest BCUT2D eigenvalue weighted by molar-refractivity contribution is 6.33. The molecule has 53 heavy (non-hydrogen) atoms. The second-order valence-electron chi connectivity index (χ2n) is 13.6. The zero-order chi connectivity index (χ0) is 35.5. The van der Waals surface area contributed by atoms with Crippen molar-refractivity contribution in [1.29, 1.82) is 0 Å². The van der Waals surface area contributed by atoms with Crippen molar-refractivity contribution in [3.8, 4) is 45.0 Å². The number of furan rings is 2. The quantitative estimate of drug-likeness (QED) is 0.173. The van der Waals surface area contributed by atoms with E-state index in [1.54, 1.807) is 0 Å². The Morgan fingerprint density at radius 3 is 2.00 bits per heavy atom. The van der Waals surface area contributed by atoms with Crippen molar-refractivity contribution >= 4 is 60.5 Å². The first-order chi connectivity index (χ1) is 26.2. The first-order valence-corrected chi connectivity index (χ1v) is 18.6. The molecule has 0 fully saturated rings. The monoisotopic (exact) mass is 684 g/mol. The van der Waals surface area contributed by atoms with E-state index in [1.165, 1.54) is 38.1 Å². The molecule has 11 rings (SSSR count). The Hall–Kier alpha value is -6.52. The minimum Gasteiger partial charge on any atom is -0.456 e. The third-order valence-electron chi connectivity index (χ3n) is 10.5. The molecule has 10 aromatic rings. The molecule has 4 nitrogen and oxygen atoms in total. The van der Waals surface area contributed by atoms with Crippen molar-refractivity contribution < 1.29 is 8.83 Å². The van der Waals surface area contributed by atoms with E-state index in [9.17, 15) is 0 Å². The maximum Gasteiger partial charge on any atom is 0.160 e. The van der Waals surface area contributed by atoms with E-state index in [4.69, 9.17) is 18.8 Å². The van der Waals surface area contributed by atoms with E-state index in [0.29, 0.717) is 5.82 Å². The Kier molecular flexibility index (Phi) is 7.43. The molecular weight excluding hydrogens is 649 g/mol. The number of hydrogen-bond donors (Lipinski definition) is 0. The molecule has 0 radical (unpaired) electrons. The predicted octanol–water partition coefficient (Wildman–Crippen LogP) is 13.9. The van der Waals surface area contributed by atoms with Crippen LogP contribution in [-0.4, -0.2) is 9.97 Å². The molecule has 7 aromatic carbocycles. The second-order valence-corrected chi connectivity index (χ2v) is 13.6. The molecule has 0 saturated carbocycles. The van der Waals surface area contributed by atoms with Gasteiger partial charge in [-0.1, -0.05) is 117 Å². The third kappa shape index (κ3) is 5.13. The number of aryl methyl sites for hydroxylation is 1. The van der Waals surface area contributed by atoms with E-state index < -0.39 is 0 Å². The van der Waals surface area contributed by atoms with E-state index in [1.807, 2.05) is 19.9 Å². The maximum absolute atomic E-state index is 6.52. The van der Waals surface area contributed by atoms with E-state index >= 15 is 0 Å². The standard InChI is InChI=1S/C47H30N2O2.C2H6/c1-4-11-28(12-5-1)32-24-38-33-21-20-31(23-37(33)36-16-10-18-42-45(36)46(38)44(26-32)51-42)47-48-39(29-13-6-2-7-14-29)27-40(49-47)30-19-22-35-34-15-8-3-9-17-41(34)50-43(35)25-30;1-2/h1-2,4-7,9-14,16-27H,3,8,15H2;1-2H3. The van der Waals surface area contributed by atoms with Crippen LogP contribution in [0.5, 0.6) is 0 Å². The summed E-state index contributed by atoms with van der Waals surface area (Å²) in [7, 11) is 0. The molecule has 1 aliphatic carbocycles. The van der Waals surface area contributed by atoms with Gasteiger partial charge in [0.15, 0.2) is 5.82 Å². The van der Waals surface area contributed by atoms with Crippen molar-refractivity contribution in [3.63, 3.8) is 0 Å². The highest BCUT2D eigenvalue weighted by Gasteiger charge is 2.21. The summed E-state index contributed by atoms with van der Waals surface area (Å²) in [4.78, 5) is 10.4. The van der Waals surface area contributed by atoms with Crippen LogP contribution >= 0.6 is 0 Å². The fraction of sp³-hybridized carbons (Fsp3) is 0.102. The fourth-order valence-electron chi connectivity index (χ4n) is 8.11. The summed E-state index contributed by atoms with van der Waals surface area (Å²) in [5.41, 5.74) is 11.1. The molecule has 0 spiro atoms. The van der Waals surface area contributed by atoms with Gasteiger partial charge in [0.25, 0.3) is 0 Å². The van der Waals surface area contributed by atoms with Crippen molar-refractivity contribution in [2.75, 3.05) is 0 Å². The minimum absolute atomic E-state index is 0.681. The predicted molar refractivity (Wildman–Crippen MR) is 220 cm³/mol. The summed E-state index contributed by atoms with van der Waals surface area (Å²) in [6.07, 6.45) is 7.59. The first-order valence-electron chi connectivity index (χ1n) is 18.6. The lowest BCUT2D eigenvalue weighted by molar-refractivity contribution is 0.599. The molecule has 1 aliphatic rings. The molecule has 3 heterocycles. The lowest BCUT2D eigenvalue weighted by Crippen LogP contribution is -1.96. The van der Waals surface area contributed by atoms with Crippen LogP contribution in [0.15, 0.2) is 148 Å². The number of rotatable bonds is 4. The highest BCUT2D eigenvalue weighted by Crippen LogP contribution is 2.45. The number of nitrogens with zero attached hydrogens (tertiary/aromatic N) is 2. The molecule has 3 aromatic heterocycles. The van der Waals surface area contributed by atoms with Crippen LogP contribution in [0.4, 0.5) is 0 Å². The molecule has 0 N–H and O–H groups in total. The Morgan fingerprint density at radius 1 is 0.472 bits per heavy atom. The summed E-state index contributed by atoms with van der Waals surface area (Å²) in [6, 6.07) is 47.0. The molecule has 0 saturated heterocycles. The van der Waals surface area contributed by atoms with E-state index in [0.717, 1.165) is 86.2 Å². The molecule has 4 heteroatoms. The number of benzene rings is 7. The van der Waals surface area contributed by atoms with Gasteiger partial charge in [0.1, 0.15) is 22.5 Å². The van der Waals surface area contributed by atoms with Gasteiger partial charge in [-0.25, -0.2) is 9.97 Å². The summed E-state index contributed by atoms with van der Waals surface area (Å²) >= 11 is 0. The van der Waals surface area contributed by atoms with Crippen molar-refractivity contribution in [1.82, 2.24) is 9.97 Å². The van der Waals surface area contributed by atoms with Crippen LogP contribution in [0.2, 0.25) is 0 Å². The molecule has 0 bridgehead atoms. The van der Waals surface area contributed by atoms with E-state index in [2.05, 4.69) is 140 Å². The average Bonchev–Trinajstić information content (AvgIpc) is 3.69. The Morgan fingerprint density at radius 2 is 1.17 bits per heavy atom. The minimum atomic E-state index is 0.681. The highest BCUT2D eigenvalue weighted by atomic mass is 16.3. The molecule has 0 unspecified atom stereocenters. The number of hydrogen-bond acceptors (Lipinski definition) is 4. The summed E-state index contributed by atoms with van der Waals surface area (Å²) in [5, 5.41) is 8.20. The van der Waals surface area contributed by atoms with Crippen molar-refractivity contribution in [2.24, 2.45) is 0 Å². The van der Waals surface area contributed by atoms with Crippen LogP contribution < -0.4 is 0 Å². The van der Waals surface area contributed by atoms with Gasteiger partial charge in [-0.05, 0) is 94.4 Å². The summed E-state index contributed by atoms with van der Waals surface area (Å²) < 4.78 is 12.9. The van der Waals surface area contributed by atoms with Gasteiger partial charge in [0.2, 0.25) is 0 Å². The van der Waals surface area contributed by atoms with Gasteiger partial charge in [0.05, 0.1) is 11.4 Å². The maximum atomic E-state index is 6.52. The van der Waals surface area contributed by atoms with E-state index in [-0.39, 0.29) is 0 Å². The second kappa shape index (κ2) is 12.6. The fourth-order valence-corrected chi connectivity index (χ4v) is 8.11. The molecular formula is C49H36N2O2. The average molecular weight is 685 g/mol. The lowest BCUT2D eigenvalue weighted by Gasteiger charge is -2.13. The van der Waals surface area contributed by atoms with Gasteiger partial charge in [-0.3, -0.25) is 0 Å². The Bertz CT molecular complexity index is 2990. The lowest BCUT2D eigenvalue weighted by atomic mass is 9.91. The van der Waals surface area contributed by atoms with Crippen LogP contribution in [0, 0.1) is 0 Å². The molecule has 0 atom stereocenters. The van der Waals surface area contributed by atoms with Gasteiger partial charge in [-0.2, -0.15) is 0 Å². The van der Waals surface area contributed by atoms with Crippen LogP contribution in [-0.2, 0) is 6.42 Å².